The molecule has 1 aliphatic heterocycles. The number of anilines is 1. The smallest absolute Gasteiger partial charge is 0.151 e. The molecule has 0 saturated carbocycles. The second kappa shape index (κ2) is 4.63. The predicted molar refractivity (Wildman–Crippen MR) is 93.4 cm³/mol. The van der Waals surface area contributed by atoms with Crippen molar-refractivity contribution in [2.24, 2.45) is 0 Å². The van der Waals surface area contributed by atoms with E-state index in [0.29, 0.717) is 0 Å². The number of ether oxygens (including phenoxy) is 1. The monoisotopic (exact) mass is 287 g/mol. The summed E-state index contributed by atoms with van der Waals surface area (Å²) in [6.07, 6.45) is 1.84. The van der Waals surface area contributed by atoms with Gasteiger partial charge in [0.05, 0.1) is 11.4 Å². The predicted octanol–water partition coefficient (Wildman–Crippen LogP) is 5.24. The first-order valence-corrected chi connectivity index (χ1v) is 7.39. The maximum atomic E-state index is 5.99. The number of rotatable bonds is 1. The van der Waals surface area contributed by atoms with Gasteiger partial charge in [0, 0.05) is 7.05 Å². The molecule has 22 heavy (non-hydrogen) atoms. The second-order valence-corrected chi connectivity index (χ2v) is 5.67. The Labute approximate surface area is 129 Å². The molecular weight excluding hydrogens is 270 g/mol. The zero-order valence-corrected chi connectivity index (χ0v) is 12.8. The topological polar surface area (TPSA) is 12.5 Å². The fourth-order valence-corrected chi connectivity index (χ4v) is 3.17. The number of fused-ring (bicyclic) bond motifs is 3. The highest BCUT2D eigenvalue weighted by Gasteiger charge is 2.21. The van der Waals surface area contributed by atoms with Crippen molar-refractivity contribution < 1.29 is 4.74 Å². The average molecular weight is 287 g/mol. The Morgan fingerprint density at radius 1 is 0.955 bits per heavy atom. The summed E-state index contributed by atoms with van der Waals surface area (Å²) in [6.45, 7) is 5.86. The highest BCUT2D eigenvalue weighted by molar-refractivity contribution is 6.00. The van der Waals surface area contributed by atoms with E-state index >= 15 is 0 Å². The van der Waals surface area contributed by atoms with Gasteiger partial charge in [0.2, 0.25) is 0 Å². The average Bonchev–Trinajstić information content (AvgIpc) is 2.52. The van der Waals surface area contributed by atoms with Crippen molar-refractivity contribution in [2.45, 2.75) is 6.92 Å². The summed E-state index contributed by atoms with van der Waals surface area (Å²) in [6, 6.07) is 17.2. The molecule has 108 valence electrons. The molecule has 1 heterocycles. The summed E-state index contributed by atoms with van der Waals surface area (Å²) in [5.74, 6) is 1.78. The first kappa shape index (κ1) is 13.0. The lowest BCUT2D eigenvalue weighted by Gasteiger charge is -2.30. The van der Waals surface area contributed by atoms with Crippen molar-refractivity contribution in [3.8, 4) is 5.75 Å². The molecule has 0 aliphatic carbocycles. The van der Waals surface area contributed by atoms with Crippen LogP contribution >= 0.6 is 0 Å². The molecule has 0 spiro atoms. The van der Waals surface area contributed by atoms with Crippen LogP contribution in [0.25, 0.3) is 21.5 Å². The molecule has 3 aromatic rings. The summed E-state index contributed by atoms with van der Waals surface area (Å²) < 4.78 is 5.99. The second-order valence-electron chi connectivity index (χ2n) is 5.67. The fourth-order valence-electron chi connectivity index (χ4n) is 3.17. The first-order valence-electron chi connectivity index (χ1n) is 7.39. The van der Waals surface area contributed by atoms with Crippen LogP contribution in [-0.4, -0.2) is 7.05 Å². The summed E-state index contributed by atoms with van der Waals surface area (Å²) in [4.78, 5) is 2.13. The van der Waals surface area contributed by atoms with Crippen LogP contribution in [0.2, 0.25) is 0 Å². The maximum Gasteiger partial charge on any atom is 0.151 e. The minimum atomic E-state index is 0.880. The van der Waals surface area contributed by atoms with Crippen LogP contribution in [-0.2, 0) is 0 Å². The van der Waals surface area contributed by atoms with Crippen molar-refractivity contribution in [3.05, 3.63) is 72.6 Å². The normalized spacial score (nSPS) is 14.2. The minimum Gasteiger partial charge on any atom is -0.458 e. The van der Waals surface area contributed by atoms with E-state index in [0.717, 1.165) is 22.9 Å². The zero-order chi connectivity index (χ0) is 15.3. The fraction of sp³-hybridized carbons (Fsp3) is 0.100. The largest absolute Gasteiger partial charge is 0.458 e. The van der Waals surface area contributed by atoms with Crippen LogP contribution in [0.5, 0.6) is 5.75 Å². The molecular formula is C20H17NO. The van der Waals surface area contributed by atoms with Crippen LogP contribution < -0.4 is 9.64 Å². The SMILES string of the molecule is C=CC1=C(C)Oc2cc3cc4ccccc4cc3cc2N1C. The van der Waals surface area contributed by atoms with Crippen molar-refractivity contribution >= 4 is 27.2 Å². The molecule has 0 unspecified atom stereocenters. The van der Waals surface area contributed by atoms with Crippen LogP contribution in [0.4, 0.5) is 5.69 Å². The quantitative estimate of drug-likeness (QED) is 0.567. The minimum absolute atomic E-state index is 0.880. The van der Waals surface area contributed by atoms with E-state index in [2.05, 4.69) is 67.1 Å². The third-order valence-electron chi connectivity index (χ3n) is 4.32. The maximum absolute atomic E-state index is 5.99. The van der Waals surface area contributed by atoms with E-state index in [4.69, 9.17) is 4.74 Å². The van der Waals surface area contributed by atoms with Gasteiger partial charge in [0.15, 0.2) is 5.75 Å². The van der Waals surface area contributed by atoms with E-state index in [1.807, 2.05) is 13.0 Å². The number of hydrogen-bond acceptors (Lipinski definition) is 2. The lowest BCUT2D eigenvalue weighted by Crippen LogP contribution is -2.22. The lowest BCUT2D eigenvalue weighted by atomic mass is 10.0. The van der Waals surface area contributed by atoms with Gasteiger partial charge in [-0.25, -0.2) is 0 Å². The number of likely N-dealkylation sites (N-methyl/N-ethyl adjacent to an activating group) is 1. The molecule has 0 atom stereocenters. The van der Waals surface area contributed by atoms with E-state index in [1.165, 1.54) is 21.5 Å². The van der Waals surface area contributed by atoms with Gasteiger partial charge in [-0.2, -0.15) is 0 Å². The third-order valence-corrected chi connectivity index (χ3v) is 4.32. The Morgan fingerprint density at radius 2 is 1.59 bits per heavy atom. The standard InChI is InChI=1S/C20H17NO/c1-4-18-13(2)22-20-12-17-10-15-8-6-5-7-14(15)9-16(17)11-19(20)21(18)3/h4-12H,1H2,2-3H3. The highest BCUT2D eigenvalue weighted by Crippen LogP contribution is 2.40. The van der Waals surface area contributed by atoms with Gasteiger partial charge in [-0.1, -0.05) is 30.8 Å². The van der Waals surface area contributed by atoms with Crippen molar-refractivity contribution in [3.63, 3.8) is 0 Å². The number of hydrogen-bond donors (Lipinski definition) is 0. The molecule has 1 aliphatic rings. The van der Waals surface area contributed by atoms with Crippen LogP contribution in [0.3, 0.4) is 0 Å². The van der Waals surface area contributed by atoms with E-state index in [1.54, 1.807) is 0 Å². The summed E-state index contributed by atoms with van der Waals surface area (Å²) in [7, 11) is 2.05. The van der Waals surface area contributed by atoms with E-state index < -0.39 is 0 Å². The Morgan fingerprint density at radius 3 is 2.23 bits per heavy atom. The summed E-state index contributed by atoms with van der Waals surface area (Å²) in [5, 5.41) is 4.92. The van der Waals surface area contributed by atoms with Gasteiger partial charge in [0.25, 0.3) is 0 Å². The van der Waals surface area contributed by atoms with Gasteiger partial charge in [-0.3, -0.25) is 0 Å². The van der Waals surface area contributed by atoms with Crippen molar-refractivity contribution in [1.29, 1.82) is 0 Å². The molecule has 4 rings (SSSR count). The van der Waals surface area contributed by atoms with Gasteiger partial charge in [-0.05, 0) is 58.8 Å². The molecule has 0 N–H and O–H groups in total. The Hall–Kier alpha value is -2.74. The third kappa shape index (κ3) is 1.81. The first-order chi connectivity index (χ1) is 10.7. The molecule has 0 saturated heterocycles. The molecule has 2 nitrogen and oxygen atoms in total. The van der Waals surface area contributed by atoms with Crippen molar-refractivity contribution in [2.75, 3.05) is 11.9 Å². The van der Waals surface area contributed by atoms with Gasteiger partial charge in [-0.15, -0.1) is 0 Å². The lowest BCUT2D eigenvalue weighted by molar-refractivity contribution is 0.413. The Kier molecular flexibility index (Phi) is 2.73. The number of nitrogens with zero attached hydrogens (tertiary/aromatic N) is 1. The van der Waals surface area contributed by atoms with Crippen LogP contribution in [0, 0.1) is 0 Å². The summed E-state index contributed by atoms with van der Waals surface area (Å²) in [5.41, 5.74) is 2.08. The van der Waals surface area contributed by atoms with Crippen LogP contribution in [0.15, 0.2) is 72.6 Å². The van der Waals surface area contributed by atoms with E-state index in [9.17, 15) is 0 Å². The molecule has 3 aromatic carbocycles. The molecule has 0 aromatic heterocycles. The molecule has 2 heteroatoms. The molecule has 0 amide bonds. The van der Waals surface area contributed by atoms with Gasteiger partial charge < -0.3 is 9.64 Å². The number of benzene rings is 3. The van der Waals surface area contributed by atoms with Gasteiger partial charge >= 0.3 is 0 Å². The summed E-state index contributed by atoms with van der Waals surface area (Å²) >= 11 is 0. The molecule has 0 fully saturated rings. The molecule has 0 radical (unpaired) electrons. The Balaban J connectivity index is 1.99. The number of allylic oxidation sites excluding steroid dienone is 2. The zero-order valence-electron chi connectivity index (χ0n) is 12.8. The van der Waals surface area contributed by atoms with Crippen LogP contribution in [0.1, 0.15) is 6.92 Å². The Bertz CT molecular complexity index is 952. The molecule has 0 bridgehead atoms. The van der Waals surface area contributed by atoms with Crippen molar-refractivity contribution in [1.82, 2.24) is 0 Å². The highest BCUT2D eigenvalue weighted by atomic mass is 16.5. The van der Waals surface area contributed by atoms with Gasteiger partial charge in [0.1, 0.15) is 5.76 Å². The van der Waals surface area contributed by atoms with E-state index in [-0.39, 0.29) is 0 Å².